The summed E-state index contributed by atoms with van der Waals surface area (Å²) in [6, 6.07) is 16.0. The molecule has 3 rings (SSSR count). The number of para-hydroxylation sites is 1. The quantitative estimate of drug-likeness (QED) is 0.497. The molecule has 0 bridgehead atoms. The number of rotatable bonds is 7. The molecule has 142 valence electrons. The number of aliphatic carboxylic acids is 1. The van der Waals surface area contributed by atoms with Gasteiger partial charge in [-0.05, 0) is 42.8 Å². The summed E-state index contributed by atoms with van der Waals surface area (Å²) in [5.74, 6) is -1.52. The summed E-state index contributed by atoms with van der Waals surface area (Å²) in [5, 5.41) is 10.2. The molecular formula is C22H19NO5. The molecule has 28 heavy (non-hydrogen) atoms. The normalized spacial score (nSPS) is 11.3. The van der Waals surface area contributed by atoms with E-state index in [1.54, 1.807) is 30.3 Å². The lowest BCUT2D eigenvalue weighted by atomic mass is 10.0. The zero-order valence-corrected chi connectivity index (χ0v) is 15.5. The van der Waals surface area contributed by atoms with Crippen LogP contribution >= 0.6 is 0 Å². The number of hydrogen-bond acceptors (Lipinski definition) is 5. The van der Waals surface area contributed by atoms with Crippen molar-refractivity contribution in [3.63, 3.8) is 0 Å². The summed E-state index contributed by atoms with van der Waals surface area (Å²) in [5.41, 5.74) is 1.56. The van der Waals surface area contributed by atoms with Crippen molar-refractivity contribution in [1.29, 1.82) is 0 Å². The van der Waals surface area contributed by atoms with Gasteiger partial charge < -0.3 is 14.6 Å². The number of pyridine rings is 1. The van der Waals surface area contributed by atoms with Crippen molar-refractivity contribution in [2.45, 2.75) is 6.92 Å². The Bertz CT molecular complexity index is 1070. The summed E-state index contributed by atoms with van der Waals surface area (Å²) in [7, 11) is 1.53. The molecule has 0 unspecified atom stereocenters. The first-order chi connectivity index (χ1) is 13.5. The molecule has 3 aromatic rings. The number of carboxylic acids is 1. The molecule has 0 spiro atoms. The molecule has 6 nitrogen and oxygen atoms in total. The maximum absolute atomic E-state index is 12.4. The lowest BCUT2D eigenvalue weighted by molar-refractivity contribution is -0.146. The van der Waals surface area contributed by atoms with Crippen molar-refractivity contribution in [2.24, 2.45) is 0 Å². The fraction of sp³-hybridized carbons (Fsp3) is 0.136. The van der Waals surface area contributed by atoms with Crippen LogP contribution in [-0.4, -0.2) is 35.6 Å². The first-order valence-corrected chi connectivity index (χ1v) is 8.69. The van der Waals surface area contributed by atoms with E-state index in [-0.39, 0.29) is 5.57 Å². The number of aromatic nitrogens is 1. The van der Waals surface area contributed by atoms with Crippen molar-refractivity contribution < 1.29 is 24.2 Å². The van der Waals surface area contributed by atoms with Crippen LogP contribution in [0.25, 0.3) is 22.6 Å². The highest BCUT2D eigenvalue weighted by Crippen LogP contribution is 2.30. The topological polar surface area (TPSA) is 85.7 Å². The highest BCUT2D eigenvalue weighted by Gasteiger charge is 2.21. The summed E-state index contributed by atoms with van der Waals surface area (Å²) in [6.45, 7) is 2.29. The predicted octanol–water partition coefficient (Wildman–Crippen LogP) is 3.84. The molecule has 0 amide bonds. The lowest BCUT2D eigenvalue weighted by Gasteiger charge is -2.10. The van der Waals surface area contributed by atoms with E-state index >= 15 is 0 Å². The second kappa shape index (κ2) is 8.35. The van der Waals surface area contributed by atoms with Crippen molar-refractivity contribution in [2.75, 3.05) is 13.7 Å². The van der Waals surface area contributed by atoms with Gasteiger partial charge in [-0.3, -0.25) is 4.79 Å². The van der Waals surface area contributed by atoms with E-state index in [0.717, 1.165) is 5.39 Å². The third kappa shape index (κ3) is 4.01. The largest absolute Gasteiger partial charge is 0.493 e. The number of hydrogen-bond donors (Lipinski definition) is 1. The Labute approximate surface area is 162 Å². The van der Waals surface area contributed by atoms with Crippen LogP contribution in [0.1, 0.15) is 18.2 Å². The van der Waals surface area contributed by atoms with Crippen molar-refractivity contribution >= 4 is 34.3 Å². The minimum absolute atomic E-state index is 0.00846. The van der Waals surface area contributed by atoms with Crippen LogP contribution in [0.4, 0.5) is 0 Å². The van der Waals surface area contributed by atoms with E-state index in [0.29, 0.717) is 34.9 Å². The fourth-order valence-corrected chi connectivity index (χ4v) is 2.81. The number of carboxylic acid groups (broad SMARTS) is 1. The molecule has 0 aliphatic heterocycles. The Morgan fingerprint density at radius 3 is 2.57 bits per heavy atom. The van der Waals surface area contributed by atoms with E-state index < -0.39 is 11.8 Å². The van der Waals surface area contributed by atoms with Gasteiger partial charge >= 0.3 is 5.97 Å². The minimum Gasteiger partial charge on any atom is -0.493 e. The molecule has 0 atom stereocenters. The number of carbonyl (C=O) groups excluding carboxylic acids is 1. The Morgan fingerprint density at radius 1 is 1.07 bits per heavy atom. The van der Waals surface area contributed by atoms with E-state index in [4.69, 9.17) is 9.47 Å². The number of benzene rings is 2. The van der Waals surface area contributed by atoms with Gasteiger partial charge in [-0.1, -0.05) is 30.3 Å². The van der Waals surface area contributed by atoms with Crippen molar-refractivity contribution in [1.82, 2.24) is 4.98 Å². The summed E-state index contributed by atoms with van der Waals surface area (Å²) >= 11 is 0. The average molecular weight is 377 g/mol. The number of nitrogens with zero attached hydrogens (tertiary/aromatic N) is 1. The molecule has 0 aliphatic rings. The molecule has 0 fully saturated rings. The molecule has 0 aliphatic carbocycles. The van der Waals surface area contributed by atoms with Crippen LogP contribution in [-0.2, 0) is 9.59 Å². The van der Waals surface area contributed by atoms with Crippen LogP contribution in [0.3, 0.4) is 0 Å². The Kier molecular flexibility index (Phi) is 5.69. The Hall–Kier alpha value is -3.67. The second-order valence-corrected chi connectivity index (χ2v) is 5.92. The van der Waals surface area contributed by atoms with Gasteiger partial charge in [0.15, 0.2) is 11.5 Å². The van der Waals surface area contributed by atoms with Crippen LogP contribution in [0.15, 0.2) is 54.6 Å². The number of fused-ring (bicyclic) bond motifs is 1. The third-order valence-electron chi connectivity index (χ3n) is 4.11. The monoisotopic (exact) mass is 377 g/mol. The van der Waals surface area contributed by atoms with Crippen LogP contribution in [0.5, 0.6) is 11.5 Å². The molecule has 1 N–H and O–H groups in total. The number of ether oxygens (including phenoxy) is 2. The lowest BCUT2D eigenvalue weighted by Crippen LogP contribution is -2.15. The Morgan fingerprint density at radius 2 is 1.86 bits per heavy atom. The molecule has 6 heteroatoms. The maximum atomic E-state index is 12.4. The van der Waals surface area contributed by atoms with Gasteiger partial charge in [0, 0.05) is 5.39 Å². The summed E-state index contributed by atoms with van der Waals surface area (Å²) < 4.78 is 10.8. The van der Waals surface area contributed by atoms with Gasteiger partial charge in [-0.15, -0.1) is 0 Å². The first-order valence-electron chi connectivity index (χ1n) is 8.69. The van der Waals surface area contributed by atoms with E-state index in [9.17, 15) is 14.7 Å². The molecular weight excluding hydrogens is 358 g/mol. The summed E-state index contributed by atoms with van der Waals surface area (Å²) in [6.07, 6.45) is 1.50. The zero-order chi connectivity index (χ0) is 20.1. The molecule has 2 aromatic carbocycles. The van der Waals surface area contributed by atoms with Crippen molar-refractivity contribution in [3.05, 3.63) is 65.9 Å². The van der Waals surface area contributed by atoms with Gasteiger partial charge in [0.25, 0.3) is 5.78 Å². The smallest absolute Gasteiger partial charge is 0.377 e. The molecule has 0 radical (unpaired) electrons. The minimum atomic E-state index is -1.54. The van der Waals surface area contributed by atoms with Crippen LogP contribution < -0.4 is 9.47 Å². The zero-order valence-electron chi connectivity index (χ0n) is 15.5. The van der Waals surface area contributed by atoms with E-state index in [2.05, 4.69) is 4.98 Å². The first kappa shape index (κ1) is 19.1. The molecule has 0 saturated carbocycles. The van der Waals surface area contributed by atoms with Gasteiger partial charge in [-0.2, -0.15) is 0 Å². The predicted molar refractivity (Wildman–Crippen MR) is 106 cm³/mol. The van der Waals surface area contributed by atoms with Crippen LogP contribution in [0.2, 0.25) is 0 Å². The molecule has 0 saturated heterocycles. The SMILES string of the molecule is CCOc1cc(/C=C(\C(=O)C(=O)O)c2ccc3ccccc3n2)ccc1OC. The van der Waals surface area contributed by atoms with Gasteiger partial charge in [-0.25, -0.2) is 9.78 Å². The van der Waals surface area contributed by atoms with E-state index in [1.165, 1.54) is 13.2 Å². The third-order valence-corrected chi connectivity index (χ3v) is 4.11. The Balaban J connectivity index is 2.13. The fourth-order valence-electron chi connectivity index (χ4n) is 2.81. The maximum Gasteiger partial charge on any atom is 0.377 e. The second-order valence-electron chi connectivity index (χ2n) is 5.92. The van der Waals surface area contributed by atoms with Gasteiger partial charge in [0.2, 0.25) is 0 Å². The van der Waals surface area contributed by atoms with Gasteiger partial charge in [0.05, 0.1) is 30.5 Å². The highest BCUT2D eigenvalue weighted by atomic mass is 16.5. The molecule has 1 aromatic heterocycles. The number of carbonyl (C=O) groups is 2. The van der Waals surface area contributed by atoms with E-state index in [1.807, 2.05) is 31.2 Å². The number of ketones is 1. The van der Waals surface area contributed by atoms with Crippen molar-refractivity contribution in [3.8, 4) is 11.5 Å². The number of methoxy groups -OCH3 is 1. The van der Waals surface area contributed by atoms with Gasteiger partial charge in [0.1, 0.15) is 0 Å². The van der Waals surface area contributed by atoms with Crippen LogP contribution in [0, 0.1) is 0 Å². The average Bonchev–Trinajstić information content (AvgIpc) is 2.71. The highest BCUT2D eigenvalue weighted by molar-refractivity contribution is 6.52. The standard InChI is InChI=1S/C22H19NO5/c1-3-28-20-13-14(8-11-19(20)27-2)12-16(21(24)22(25)26)18-10-9-15-6-4-5-7-17(15)23-18/h4-13H,3H2,1-2H3,(H,25,26)/b16-12-. The number of Topliss-reactive ketones (excluding diaryl/α,β-unsaturated/α-hetero) is 1. The summed E-state index contributed by atoms with van der Waals surface area (Å²) in [4.78, 5) is 28.2. The molecule has 1 heterocycles.